The third kappa shape index (κ3) is 9.19. The first-order chi connectivity index (χ1) is 13.0. The molecule has 0 aliphatic heterocycles. The lowest BCUT2D eigenvalue weighted by molar-refractivity contribution is -0.152. The SMILES string of the molecule is CS(=O)(=O)OCC1CCC(COC(=O)C2CCC(COS(C)(=O)=O)CC2)CC1. The minimum Gasteiger partial charge on any atom is -0.465 e. The topological polar surface area (TPSA) is 113 Å². The van der Waals surface area contributed by atoms with Crippen LogP contribution < -0.4 is 0 Å². The molecule has 8 nitrogen and oxygen atoms in total. The van der Waals surface area contributed by atoms with Crippen molar-refractivity contribution in [3.63, 3.8) is 0 Å². The molecule has 2 aliphatic carbocycles. The van der Waals surface area contributed by atoms with Crippen LogP contribution in [0.25, 0.3) is 0 Å². The first kappa shape index (κ1) is 23.6. The summed E-state index contributed by atoms with van der Waals surface area (Å²) >= 11 is 0. The second-order valence-corrected chi connectivity index (χ2v) is 11.5. The van der Waals surface area contributed by atoms with Gasteiger partial charge in [-0.25, -0.2) is 0 Å². The van der Waals surface area contributed by atoms with Gasteiger partial charge in [-0.05, 0) is 69.1 Å². The van der Waals surface area contributed by atoms with Crippen LogP contribution in [0.15, 0.2) is 0 Å². The molecule has 28 heavy (non-hydrogen) atoms. The number of carbonyl (C=O) groups excluding carboxylic acids is 1. The quantitative estimate of drug-likeness (QED) is 0.396. The number of esters is 1. The van der Waals surface area contributed by atoms with E-state index in [9.17, 15) is 21.6 Å². The normalized spacial score (nSPS) is 29.4. The van der Waals surface area contributed by atoms with Gasteiger partial charge in [0.1, 0.15) is 0 Å². The van der Waals surface area contributed by atoms with E-state index in [1.165, 1.54) is 0 Å². The molecule has 0 radical (unpaired) electrons. The Hall–Kier alpha value is -0.710. The standard InChI is InChI=1S/C18H32O8S2/c1-27(20,21)25-12-15-5-3-14(4-6-15)11-24-18(19)17-9-7-16(8-10-17)13-26-28(2,22)23/h14-17H,3-13H2,1-2H3. The van der Waals surface area contributed by atoms with Crippen LogP contribution >= 0.6 is 0 Å². The zero-order valence-corrected chi connectivity index (χ0v) is 18.3. The summed E-state index contributed by atoms with van der Waals surface area (Å²) < 4.78 is 59.5. The summed E-state index contributed by atoms with van der Waals surface area (Å²) in [4.78, 5) is 12.3. The molecule has 0 N–H and O–H groups in total. The Morgan fingerprint density at radius 1 is 0.679 bits per heavy atom. The van der Waals surface area contributed by atoms with Crippen molar-refractivity contribution in [3.05, 3.63) is 0 Å². The van der Waals surface area contributed by atoms with E-state index in [-0.39, 0.29) is 36.9 Å². The first-order valence-corrected chi connectivity index (χ1v) is 13.5. The molecule has 0 unspecified atom stereocenters. The fourth-order valence-corrected chi connectivity index (χ4v) is 4.77. The van der Waals surface area contributed by atoms with E-state index in [1.807, 2.05) is 0 Å². The van der Waals surface area contributed by atoms with Crippen molar-refractivity contribution >= 4 is 26.2 Å². The van der Waals surface area contributed by atoms with Gasteiger partial charge in [0.05, 0.1) is 38.3 Å². The summed E-state index contributed by atoms with van der Waals surface area (Å²) in [5.41, 5.74) is 0. The average molecular weight is 441 g/mol. The van der Waals surface area contributed by atoms with Gasteiger partial charge in [-0.3, -0.25) is 13.2 Å². The molecule has 2 rings (SSSR count). The predicted molar refractivity (Wildman–Crippen MR) is 103 cm³/mol. The van der Waals surface area contributed by atoms with E-state index in [4.69, 9.17) is 13.1 Å². The Morgan fingerprint density at radius 3 is 1.43 bits per heavy atom. The molecule has 0 atom stereocenters. The lowest BCUT2D eigenvalue weighted by Crippen LogP contribution is -2.28. The number of hydrogen-bond acceptors (Lipinski definition) is 8. The van der Waals surface area contributed by atoms with Crippen LogP contribution in [0.2, 0.25) is 0 Å². The minimum atomic E-state index is -3.42. The van der Waals surface area contributed by atoms with Crippen LogP contribution in [0, 0.1) is 23.7 Å². The van der Waals surface area contributed by atoms with Gasteiger partial charge >= 0.3 is 5.97 Å². The summed E-state index contributed by atoms with van der Waals surface area (Å²) in [5, 5.41) is 0. The van der Waals surface area contributed by atoms with Crippen LogP contribution in [0.3, 0.4) is 0 Å². The molecule has 0 heterocycles. The molecular weight excluding hydrogens is 408 g/mol. The molecular formula is C18H32O8S2. The van der Waals surface area contributed by atoms with Crippen LogP contribution in [0.4, 0.5) is 0 Å². The highest BCUT2D eigenvalue weighted by Gasteiger charge is 2.29. The van der Waals surface area contributed by atoms with Crippen molar-refractivity contribution < 1.29 is 34.7 Å². The Kier molecular flexibility index (Phi) is 8.72. The van der Waals surface area contributed by atoms with Crippen molar-refractivity contribution in [1.82, 2.24) is 0 Å². The van der Waals surface area contributed by atoms with Crippen molar-refractivity contribution in [2.45, 2.75) is 51.4 Å². The van der Waals surface area contributed by atoms with Gasteiger partial charge in [0, 0.05) is 0 Å². The highest BCUT2D eigenvalue weighted by atomic mass is 32.2. The summed E-state index contributed by atoms with van der Waals surface area (Å²) in [6.07, 6.45) is 8.60. The number of carbonyl (C=O) groups is 1. The van der Waals surface area contributed by atoms with Crippen LogP contribution in [0.5, 0.6) is 0 Å². The third-order valence-electron chi connectivity index (χ3n) is 5.64. The Balaban J connectivity index is 1.61. The first-order valence-electron chi connectivity index (χ1n) is 9.87. The molecule has 164 valence electrons. The van der Waals surface area contributed by atoms with E-state index in [0.717, 1.165) is 51.0 Å². The van der Waals surface area contributed by atoms with Gasteiger partial charge < -0.3 is 4.74 Å². The van der Waals surface area contributed by atoms with E-state index >= 15 is 0 Å². The monoisotopic (exact) mass is 440 g/mol. The van der Waals surface area contributed by atoms with Crippen LogP contribution in [-0.4, -0.2) is 55.1 Å². The third-order valence-corrected chi connectivity index (χ3v) is 6.77. The van der Waals surface area contributed by atoms with Gasteiger partial charge in [0.2, 0.25) is 0 Å². The minimum absolute atomic E-state index is 0.117. The van der Waals surface area contributed by atoms with Crippen LogP contribution in [-0.2, 0) is 38.1 Å². The maximum atomic E-state index is 12.3. The summed E-state index contributed by atoms with van der Waals surface area (Å²) in [5.74, 6) is 0.450. The highest BCUT2D eigenvalue weighted by Crippen LogP contribution is 2.32. The smallest absolute Gasteiger partial charge is 0.308 e. The van der Waals surface area contributed by atoms with E-state index in [0.29, 0.717) is 25.4 Å². The maximum Gasteiger partial charge on any atom is 0.308 e. The average Bonchev–Trinajstić information content (AvgIpc) is 2.63. The molecule has 2 saturated carbocycles. The molecule has 2 fully saturated rings. The Bertz CT molecular complexity index is 700. The fraction of sp³-hybridized carbons (Fsp3) is 0.944. The van der Waals surface area contributed by atoms with E-state index < -0.39 is 20.2 Å². The van der Waals surface area contributed by atoms with Crippen molar-refractivity contribution in [1.29, 1.82) is 0 Å². The number of ether oxygens (including phenoxy) is 1. The molecule has 0 aromatic carbocycles. The zero-order valence-electron chi connectivity index (χ0n) is 16.7. The summed E-state index contributed by atoms with van der Waals surface area (Å²) in [6.45, 7) is 0.833. The fourth-order valence-electron chi connectivity index (χ4n) is 3.89. The second kappa shape index (κ2) is 10.4. The van der Waals surface area contributed by atoms with Gasteiger partial charge in [0.25, 0.3) is 20.2 Å². The Labute approximate surface area is 168 Å². The molecule has 10 heteroatoms. The molecule has 2 aliphatic rings. The van der Waals surface area contributed by atoms with Gasteiger partial charge in [-0.1, -0.05) is 0 Å². The lowest BCUT2D eigenvalue weighted by atomic mass is 9.82. The molecule has 0 saturated heterocycles. The van der Waals surface area contributed by atoms with E-state index in [2.05, 4.69) is 0 Å². The van der Waals surface area contributed by atoms with Crippen LogP contribution in [0.1, 0.15) is 51.4 Å². The summed E-state index contributed by atoms with van der Waals surface area (Å²) in [7, 11) is -6.81. The summed E-state index contributed by atoms with van der Waals surface area (Å²) in [6, 6.07) is 0. The zero-order chi connectivity index (χ0) is 20.8. The Morgan fingerprint density at radius 2 is 1.04 bits per heavy atom. The van der Waals surface area contributed by atoms with Crippen molar-refractivity contribution in [2.75, 3.05) is 32.3 Å². The highest BCUT2D eigenvalue weighted by molar-refractivity contribution is 7.86. The molecule has 0 aromatic rings. The van der Waals surface area contributed by atoms with Crippen molar-refractivity contribution in [3.8, 4) is 0 Å². The van der Waals surface area contributed by atoms with Crippen molar-refractivity contribution in [2.24, 2.45) is 23.7 Å². The van der Waals surface area contributed by atoms with Gasteiger partial charge in [-0.15, -0.1) is 0 Å². The maximum absolute atomic E-state index is 12.3. The lowest BCUT2D eigenvalue weighted by Gasteiger charge is -2.29. The molecule has 0 amide bonds. The molecule has 0 spiro atoms. The molecule has 0 bridgehead atoms. The number of hydrogen-bond donors (Lipinski definition) is 0. The van der Waals surface area contributed by atoms with Gasteiger partial charge in [0.15, 0.2) is 0 Å². The van der Waals surface area contributed by atoms with E-state index in [1.54, 1.807) is 0 Å². The number of rotatable bonds is 9. The largest absolute Gasteiger partial charge is 0.465 e. The predicted octanol–water partition coefficient (Wildman–Crippen LogP) is 2.09. The molecule has 0 aromatic heterocycles. The van der Waals surface area contributed by atoms with Gasteiger partial charge in [-0.2, -0.15) is 16.8 Å². The second-order valence-electron chi connectivity index (χ2n) is 8.21.